The van der Waals surface area contributed by atoms with Crippen molar-refractivity contribution < 1.29 is 9.59 Å². The number of nitrogens with one attached hydrogen (secondary N) is 2. The van der Waals surface area contributed by atoms with Crippen molar-refractivity contribution >= 4 is 34.1 Å². The zero-order valence-electron chi connectivity index (χ0n) is 16.7. The molecule has 4 rings (SSSR count). The maximum atomic E-state index is 12.6. The number of aromatic nitrogens is 3. The number of anilines is 2. The molecule has 8 nitrogen and oxygen atoms in total. The van der Waals surface area contributed by atoms with E-state index in [-0.39, 0.29) is 23.9 Å². The summed E-state index contributed by atoms with van der Waals surface area (Å²) in [6, 6.07) is 20.8. The minimum absolute atomic E-state index is 0.159. The van der Waals surface area contributed by atoms with Crippen molar-refractivity contribution in [2.45, 2.75) is 13.5 Å². The summed E-state index contributed by atoms with van der Waals surface area (Å²) in [6.45, 7) is 1.69. The highest BCUT2D eigenvalue weighted by molar-refractivity contribution is 6.04. The maximum absolute atomic E-state index is 12.6. The fraction of sp³-hybridized carbons (Fsp3) is 0.0870. The molecule has 2 N–H and O–H groups in total. The molecule has 1 aromatic heterocycles. The first-order chi connectivity index (χ1) is 15.0. The third-order valence-corrected chi connectivity index (χ3v) is 4.64. The van der Waals surface area contributed by atoms with E-state index < -0.39 is 0 Å². The Morgan fingerprint density at radius 1 is 0.871 bits per heavy atom. The first-order valence-electron chi connectivity index (χ1n) is 9.60. The van der Waals surface area contributed by atoms with Crippen LogP contribution < -0.4 is 16.2 Å². The number of rotatable bonds is 5. The van der Waals surface area contributed by atoms with Gasteiger partial charge in [-0.3, -0.25) is 14.4 Å². The third kappa shape index (κ3) is 4.64. The zero-order valence-corrected chi connectivity index (χ0v) is 16.7. The Labute approximate surface area is 177 Å². The molecule has 4 aromatic rings. The first-order valence-corrected chi connectivity index (χ1v) is 9.60. The van der Waals surface area contributed by atoms with E-state index in [1.165, 1.54) is 11.6 Å². The second-order valence-electron chi connectivity index (χ2n) is 6.98. The highest BCUT2D eigenvalue weighted by Gasteiger charge is 2.09. The summed E-state index contributed by atoms with van der Waals surface area (Å²) < 4.78 is 1.30. The number of amides is 2. The third-order valence-electron chi connectivity index (χ3n) is 4.64. The highest BCUT2D eigenvalue weighted by atomic mass is 16.2. The van der Waals surface area contributed by atoms with Gasteiger partial charge < -0.3 is 10.6 Å². The number of carbonyl (C=O) groups is 2. The molecule has 3 aromatic carbocycles. The smallest absolute Gasteiger partial charge is 0.277 e. The van der Waals surface area contributed by atoms with Gasteiger partial charge in [0, 0.05) is 23.9 Å². The molecule has 31 heavy (non-hydrogen) atoms. The Morgan fingerprint density at radius 2 is 1.52 bits per heavy atom. The van der Waals surface area contributed by atoms with Gasteiger partial charge in [-0.05, 0) is 54.1 Å². The lowest BCUT2D eigenvalue weighted by atomic mass is 10.1. The van der Waals surface area contributed by atoms with Crippen LogP contribution in [0.5, 0.6) is 0 Å². The monoisotopic (exact) mass is 413 g/mol. The molecule has 0 atom stereocenters. The van der Waals surface area contributed by atoms with Crippen LogP contribution in [-0.2, 0) is 11.3 Å². The quantitative estimate of drug-likeness (QED) is 0.523. The molecular formula is C23H19N5O3. The van der Waals surface area contributed by atoms with Crippen LogP contribution in [0.1, 0.15) is 22.8 Å². The van der Waals surface area contributed by atoms with E-state index in [4.69, 9.17) is 0 Å². The molecule has 0 saturated heterocycles. The van der Waals surface area contributed by atoms with Gasteiger partial charge in [0.15, 0.2) is 0 Å². The zero-order chi connectivity index (χ0) is 21.8. The second-order valence-corrected chi connectivity index (χ2v) is 6.98. The lowest BCUT2D eigenvalue weighted by Gasteiger charge is -2.08. The van der Waals surface area contributed by atoms with Crippen molar-refractivity contribution in [1.82, 2.24) is 15.0 Å². The molecule has 8 heteroatoms. The fourth-order valence-electron chi connectivity index (χ4n) is 3.10. The molecular weight excluding hydrogens is 394 g/mol. The Hall–Kier alpha value is -4.33. The van der Waals surface area contributed by atoms with Crippen LogP contribution in [0.4, 0.5) is 11.4 Å². The van der Waals surface area contributed by atoms with Gasteiger partial charge in [0.05, 0.1) is 11.9 Å². The Bertz CT molecular complexity index is 1310. The molecule has 0 radical (unpaired) electrons. The lowest BCUT2D eigenvalue weighted by Crippen LogP contribution is -2.24. The van der Waals surface area contributed by atoms with Crippen molar-refractivity contribution in [2.75, 3.05) is 10.6 Å². The molecule has 1 heterocycles. The summed E-state index contributed by atoms with van der Waals surface area (Å²) in [4.78, 5) is 36.1. The fourth-order valence-corrected chi connectivity index (χ4v) is 3.10. The van der Waals surface area contributed by atoms with Crippen LogP contribution in [0.2, 0.25) is 0 Å². The standard InChI is InChI=1S/C23H19N5O3/c1-15(29)24-18-10-12-19(13-11-18)25-22(30)17-8-6-16(7-9-17)14-28-23(31)20-4-2-3-5-21(20)26-27-28/h2-13H,14H2,1H3,(H,24,29)(H,25,30). The molecule has 0 spiro atoms. The van der Waals surface area contributed by atoms with E-state index >= 15 is 0 Å². The molecule has 0 fully saturated rings. The largest absolute Gasteiger partial charge is 0.326 e. The molecule has 0 aliphatic carbocycles. The molecule has 0 aliphatic rings. The summed E-state index contributed by atoms with van der Waals surface area (Å²) in [6.07, 6.45) is 0. The minimum Gasteiger partial charge on any atom is -0.326 e. The Kier molecular flexibility index (Phi) is 5.53. The predicted octanol–water partition coefficient (Wildman–Crippen LogP) is 3.05. The number of hydrogen-bond donors (Lipinski definition) is 2. The van der Waals surface area contributed by atoms with Crippen molar-refractivity contribution in [3.63, 3.8) is 0 Å². The van der Waals surface area contributed by atoms with Crippen molar-refractivity contribution in [3.8, 4) is 0 Å². The van der Waals surface area contributed by atoms with Crippen molar-refractivity contribution in [2.24, 2.45) is 0 Å². The Morgan fingerprint density at radius 3 is 2.19 bits per heavy atom. The number of benzene rings is 3. The van der Waals surface area contributed by atoms with Crippen LogP contribution in [-0.4, -0.2) is 26.8 Å². The molecule has 0 unspecified atom stereocenters. The molecule has 0 saturated carbocycles. The summed E-state index contributed by atoms with van der Waals surface area (Å²) in [5.41, 5.74) is 2.91. The van der Waals surface area contributed by atoms with Crippen LogP contribution in [0.3, 0.4) is 0 Å². The summed E-state index contributed by atoms with van der Waals surface area (Å²) in [5, 5.41) is 14.1. The second kappa shape index (κ2) is 8.58. The number of carbonyl (C=O) groups excluding carboxylic acids is 2. The molecule has 0 aliphatic heterocycles. The van der Waals surface area contributed by atoms with Crippen molar-refractivity contribution in [1.29, 1.82) is 0 Å². The van der Waals surface area contributed by atoms with Gasteiger partial charge in [0.1, 0.15) is 5.52 Å². The van der Waals surface area contributed by atoms with E-state index in [9.17, 15) is 14.4 Å². The first kappa shape index (κ1) is 20.0. The average Bonchev–Trinajstić information content (AvgIpc) is 2.77. The van der Waals surface area contributed by atoms with Gasteiger partial charge in [-0.1, -0.05) is 29.5 Å². The lowest BCUT2D eigenvalue weighted by molar-refractivity contribution is -0.114. The van der Waals surface area contributed by atoms with Crippen LogP contribution in [0.15, 0.2) is 77.6 Å². The molecule has 154 valence electrons. The minimum atomic E-state index is -0.263. The average molecular weight is 413 g/mol. The van der Waals surface area contributed by atoms with E-state index in [0.717, 1.165) is 5.56 Å². The predicted molar refractivity (Wildman–Crippen MR) is 118 cm³/mol. The van der Waals surface area contributed by atoms with Gasteiger partial charge in [-0.2, -0.15) is 0 Å². The van der Waals surface area contributed by atoms with E-state index in [1.54, 1.807) is 66.7 Å². The van der Waals surface area contributed by atoms with E-state index in [0.29, 0.717) is 27.8 Å². The van der Waals surface area contributed by atoms with Crippen LogP contribution in [0.25, 0.3) is 10.9 Å². The van der Waals surface area contributed by atoms with Crippen molar-refractivity contribution in [3.05, 3.63) is 94.3 Å². The van der Waals surface area contributed by atoms with Gasteiger partial charge in [-0.25, -0.2) is 4.68 Å². The summed E-state index contributed by atoms with van der Waals surface area (Å²) >= 11 is 0. The van der Waals surface area contributed by atoms with Crippen LogP contribution in [0, 0.1) is 0 Å². The van der Waals surface area contributed by atoms with E-state index in [1.807, 2.05) is 6.07 Å². The Balaban J connectivity index is 1.44. The number of nitrogens with zero attached hydrogens (tertiary/aromatic N) is 3. The summed E-state index contributed by atoms with van der Waals surface area (Å²) in [5.74, 6) is -0.421. The topological polar surface area (TPSA) is 106 Å². The number of fused-ring (bicyclic) bond motifs is 1. The SMILES string of the molecule is CC(=O)Nc1ccc(NC(=O)c2ccc(Cn3nnc4ccccc4c3=O)cc2)cc1. The highest BCUT2D eigenvalue weighted by Crippen LogP contribution is 2.15. The van der Waals surface area contributed by atoms with Gasteiger partial charge in [0.25, 0.3) is 11.5 Å². The van der Waals surface area contributed by atoms with Gasteiger partial charge in [-0.15, -0.1) is 5.10 Å². The van der Waals surface area contributed by atoms with Gasteiger partial charge >= 0.3 is 0 Å². The van der Waals surface area contributed by atoms with Crippen LogP contribution >= 0.6 is 0 Å². The summed E-state index contributed by atoms with van der Waals surface area (Å²) in [7, 11) is 0. The van der Waals surface area contributed by atoms with Gasteiger partial charge in [0.2, 0.25) is 5.91 Å². The molecule has 0 bridgehead atoms. The van der Waals surface area contributed by atoms with E-state index in [2.05, 4.69) is 20.9 Å². The number of hydrogen-bond acceptors (Lipinski definition) is 5. The normalized spacial score (nSPS) is 10.6. The maximum Gasteiger partial charge on any atom is 0.277 e. The molecule has 2 amide bonds.